The van der Waals surface area contributed by atoms with Crippen LogP contribution in [-0.2, 0) is 10.0 Å². The summed E-state index contributed by atoms with van der Waals surface area (Å²) in [6, 6.07) is 2.24. The number of hydrogen-bond acceptors (Lipinski definition) is 6. The summed E-state index contributed by atoms with van der Waals surface area (Å²) in [4.78, 5) is 9.56. The second-order valence-corrected chi connectivity index (χ2v) is 6.70. The molecule has 1 aromatic carbocycles. The molecule has 1 aliphatic carbocycles. The number of phenols is 1. The first-order chi connectivity index (χ1) is 9.81. The number of aliphatic hydroxyl groups is 1. The molecule has 2 atom stereocenters. The van der Waals surface area contributed by atoms with Crippen molar-refractivity contribution in [2.24, 2.45) is 0 Å². The maximum Gasteiger partial charge on any atom is 0.312 e. The first kappa shape index (κ1) is 15.7. The third kappa shape index (κ3) is 3.49. The summed E-state index contributed by atoms with van der Waals surface area (Å²) in [5.74, 6) is -0.600. The summed E-state index contributed by atoms with van der Waals surface area (Å²) in [7, 11) is -3.99. The second kappa shape index (κ2) is 5.96. The average Bonchev–Trinajstić information content (AvgIpc) is 2.41. The molecular formula is C12H16N2O6S. The SMILES string of the molecule is O=[N+]([O-])c1cc(S(=O)(=O)N[C@H]2CCCC[C@@H]2O)ccc1O. The van der Waals surface area contributed by atoms with Crippen LogP contribution in [0.3, 0.4) is 0 Å². The highest BCUT2D eigenvalue weighted by atomic mass is 32.2. The minimum absolute atomic E-state index is 0.315. The number of nitrogens with zero attached hydrogens (tertiary/aromatic N) is 1. The lowest BCUT2D eigenvalue weighted by atomic mass is 9.93. The van der Waals surface area contributed by atoms with Crippen molar-refractivity contribution in [1.29, 1.82) is 0 Å². The van der Waals surface area contributed by atoms with Gasteiger partial charge >= 0.3 is 5.69 Å². The van der Waals surface area contributed by atoms with E-state index in [-0.39, 0.29) is 4.90 Å². The zero-order chi connectivity index (χ0) is 15.6. The predicted octanol–water partition coefficient (Wildman–Crippen LogP) is 0.882. The summed E-state index contributed by atoms with van der Waals surface area (Å²) in [6.45, 7) is 0. The monoisotopic (exact) mass is 316 g/mol. The van der Waals surface area contributed by atoms with Gasteiger partial charge in [-0.05, 0) is 25.0 Å². The molecule has 0 saturated heterocycles. The number of sulfonamides is 1. The Morgan fingerprint density at radius 1 is 1.29 bits per heavy atom. The third-order valence-corrected chi connectivity index (χ3v) is 4.98. The van der Waals surface area contributed by atoms with E-state index in [9.17, 15) is 28.7 Å². The zero-order valence-corrected chi connectivity index (χ0v) is 11.9. The van der Waals surface area contributed by atoms with Gasteiger partial charge in [-0.2, -0.15) is 0 Å². The molecule has 8 nitrogen and oxygen atoms in total. The molecule has 3 N–H and O–H groups in total. The van der Waals surface area contributed by atoms with Gasteiger partial charge in [-0.3, -0.25) is 10.1 Å². The summed E-state index contributed by atoms with van der Waals surface area (Å²) in [6.07, 6.45) is 1.91. The molecule has 1 aliphatic rings. The van der Waals surface area contributed by atoms with Crippen molar-refractivity contribution in [2.45, 2.75) is 42.7 Å². The third-order valence-electron chi connectivity index (χ3n) is 3.49. The number of aliphatic hydroxyl groups excluding tert-OH is 1. The molecule has 9 heteroatoms. The van der Waals surface area contributed by atoms with Crippen molar-refractivity contribution in [3.63, 3.8) is 0 Å². The van der Waals surface area contributed by atoms with Gasteiger partial charge in [0.05, 0.1) is 15.9 Å². The van der Waals surface area contributed by atoms with E-state index in [4.69, 9.17) is 0 Å². The number of nitro groups is 1. The van der Waals surface area contributed by atoms with Crippen LogP contribution in [0.15, 0.2) is 23.1 Å². The van der Waals surface area contributed by atoms with Gasteiger partial charge in [-0.1, -0.05) is 12.8 Å². The van der Waals surface area contributed by atoms with Gasteiger partial charge in [0.15, 0.2) is 5.75 Å². The minimum Gasteiger partial charge on any atom is -0.502 e. The summed E-state index contributed by atoms with van der Waals surface area (Å²) >= 11 is 0. The molecule has 0 aliphatic heterocycles. The quantitative estimate of drug-likeness (QED) is 0.558. The lowest BCUT2D eigenvalue weighted by molar-refractivity contribution is -0.386. The Kier molecular flexibility index (Phi) is 4.45. The maximum atomic E-state index is 12.2. The Morgan fingerprint density at radius 3 is 2.57 bits per heavy atom. The van der Waals surface area contributed by atoms with E-state index < -0.39 is 38.5 Å². The molecular weight excluding hydrogens is 300 g/mol. The topological polar surface area (TPSA) is 130 Å². The number of aromatic hydroxyl groups is 1. The van der Waals surface area contributed by atoms with Crippen molar-refractivity contribution < 1.29 is 23.6 Å². The normalized spacial score (nSPS) is 22.9. The van der Waals surface area contributed by atoms with E-state index in [1.807, 2.05) is 0 Å². The van der Waals surface area contributed by atoms with Gasteiger partial charge in [-0.15, -0.1) is 0 Å². The van der Waals surface area contributed by atoms with Gasteiger partial charge in [0.1, 0.15) is 0 Å². The van der Waals surface area contributed by atoms with E-state index in [1.54, 1.807) is 0 Å². The van der Waals surface area contributed by atoms with E-state index in [0.717, 1.165) is 31.0 Å². The minimum atomic E-state index is -3.99. The van der Waals surface area contributed by atoms with Crippen LogP contribution in [0.5, 0.6) is 5.75 Å². The smallest absolute Gasteiger partial charge is 0.312 e. The molecule has 0 radical (unpaired) electrons. The van der Waals surface area contributed by atoms with Crippen LogP contribution in [0.1, 0.15) is 25.7 Å². The first-order valence-corrected chi connectivity index (χ1v) is 7.97. The summed E-state index contributed by atoms with van der Waals surface area (Å²) < 4.78 is 26.8. The van der Waals surface area contributed by atoms with Gasteiger partial charge in [0, 0.05) is 12.1 Å². The van der Waals surface area contributed by atoms with Crippen LogP contribution in [0.25, 0.3) is 0 Å². The highest BCUT2D eigenvalue weighted by Crippen LogP contribution is 2.29. The average molecular weight is 316 g/mol. The molecule has 0 unspecified atom stereocenters. The standard InChI is InChI=1S/C12H16N2O6S/c15-11-4-2-1-3-9(11)13-21(19,20)8-5-6-12(16)10(7-8)14(17)18/h5-7,9,11,13,15-16H,1-4H2/t9-,11-/m0/s1. The Hall–Kier alpha value is -1.71. The summed E-state index contributed by atoms with van der Waals surface area (Å²) in [5.41, 5.74) is -0.679. The molecule has 0 bridgehead atoms. The van der Waals surface area contributed by atoms with Crippen LogP contribution in [0.4, 0.5) is 5.69 Å². The number of benzene rings is 1. The van der Waals surface area contributed by atoms with Gasteiger partial charge in [0.2, 0.25) is 10.0 Å². The van der Waals surface area contributed by atoms with E-state index in [1.165, 1.54) is 0 Å². The first-order valence-electron chi connectivity index (χ1n) is 6.49. The highest BCUT2D eigenvalue weighted by Gasteiger charge is 2.29. The number of nitrogens with one attached hydrogen (secondary N) is 1. The molecule has 116 valence electrons. The van der Waals surface area contributed by atoms with Crippen molar-refractivity contribution in [3.8, 4) is 5.75 Å². The zero-order valence-electron chi connectivity index (χ0n) is 11.1. The lowest BCUT2D eigenvalue weighted by Crippen LogP contribution is -2.44. The lowest BCUT2D eigenvalue weighted by Gasteiger charge is -2.28. The van der Waals surface area contributed by atoms with E-state index in [0.29, 0.717) is 12.8 Å². The Morgan fingerprint density at radius 2 is 1.95 bits per heavy atom. The van der Waals surface area contributed by atoms with E-state index in [2.05, 4.69) is 4.72 Å². The van der Waals surface area contributed by atoms with Crippen molar-refractivity contribution in [1.82, 2.24) is 4.72 Å². The largest absolute Gasteiger partial charge is 0.502 e. The Balaban J connectivity index is 2.27. The Bertz CT molecular complexity index is 645. The van der Waals surface area contributed by atoms with Crippen LogP contribution >= 0.6 is 0 Å². The summed E-state index contributed by atoms with van der Waals surface area (Å²) in [5, 5.41) is 29.9. The Labute approximate surface area is 121 Å². The van der Waals surface area contributed by atoms with Crippen LogP contribution in [0.2, 0.25) is 0 Å². The number of phenolic OH excluding ortho intramolecular Hbond substituents is 1. The molecule has 1 aromatic rings. The molecule has 0 heterocycles. The number of nitro benzene ring substituents is 1. The number of rotatable bonds is 4. The molecule has 1 saturated carbocycles. The molecule has 21 heavy (non-hydrogen) atoms. The van der Waals surface area contributed by atoms with Crippen molar-refractivity contribution in [2.75, 3.05) is 0 Å². The van der Waals surface area contributed by atoms with Crippen molar-refractivity contribution in [3.05, 3.63) is 28.3 Å². The highest BCUT2D eigenvalue weighted by molar-refractivity contribution is 7.89. The fourth-order valence-electron chi connectivity index (χ4n) is 2.33. The van der Waals surface area contributed by atoms with Crippen molar-refractivity contribution >= 4 is 15.7 Å². The number of hydrogen-bond donors (Lipinski definition) is 3. The fraction of sp³-hybridized carbons (Fsp3) is 0.500. The van der Waals surface area contributed by atoms with Gasteiger partial charge in [0.25, 0.3) is 0 Å². The van der Waals surface area contributed by atoms with Crippen LogP contribution in [0, 0.1) is 10.1 Å². The fourth-order valence-corrected chi connectivity index (χ4v) is 3.66. The molecule has 0 amide bonds. The second-order valence-electron chi connectivity index (χ2n) is 4.99. The van der Waals surface area contributed by atoms with Crippen LogP contribution in [-0.4, -0.2) is 35.7 Å². The van der Waals surface area contributed by atoms with E-state index >= 15 is 0 Å². The van der Waals surface area contributed by atoms with Crippen LogP contribution < -0.4 is 4.72 Å². The molecule has 0 aromatic heterocycles. The molecule has 0 spiro atoms. The van der Waals surface area contributed by atoms with Gasteiger partial charge in [-0.25, -0.2) is 13.1 Å². The molecule has 1 fully saturated rings. The van der Waals surface area contributed by atoms with Gasteiger partial charge < -0.3 is 10.2 Å². The molecule has 2 rings (SSSR count). The maximum absolute atomic E-state index is 12.2. The predicted molar refractivity (Wildman–Crippen MR) is 73.3 cm³/mol.